The standard InChI is InChI=1S/C36H38F2N4O2/c1-3-21-39-35(44)33(27-9-5-4-6-10-27)42-24-22-41(23-25-42)30-19-17-29(18-20-30)40-34(43)32-12-8-7-11-31(32)26-13-15-28(16-14-26)36(2,37)38/h4-20,33H,3,21-25H2,1-2H3,(H,39,44)(H,40,43). The van der Waals surface area contributed by atoms with Crippen LogP contribution in [0.1, 0.15) is 47.8 Å². The van der Waals surface area contributed by atoms with Crippen LogP contribution in [0, 0.1) is 0 Å². The highest BCUT2D eigenvalue weighted by molar-refractivity contribution is 6.08. The summed E-state index contributed by atoms with van der Waals surface area (Å²) in [6, 6.07) is 30.5. The van der Waals surface area contributed by atoms with Gasteiger partial charge in [0.1, 0.15) is 6.04 Å². The van der Waals surface area contributed by atoms with Crippen LogP contribution in [0.4, 0.5) is 20.2 Å². The monoisotopic (exact) mass is 596 g/mol. The van der Waals surface area contributed by atoms with Crippen LogP contribution < -0.4 is 15.5 Å². The van der Waals surface area contributed by atoms with E-state index in [1.165, 1.54) is 12.1 Å². The van der Waals surface area contributed by atoms with Crippen molar-refractivity contribution in [2.75, 3.05) is 42.9 Å². The topological polar surface area (TPSA) is 64.7 Å². The lowest BCUT2D eigenvalue weighted by molar-refractivity contribution is -0.126. The van der Waals surface area contributed by atoms with Gasteiger partial charge in [-0.3, -0.25) is 14.5 Å². The molecule has 1 atom stereocenters. The fourth-order valence-electron chi connectivity index (χ4n) is 5.58. The van der Waals surface area contributed by atoms with Gasteiger partial charge in [0.15, 0.2) is 0 Å². The van der Waals surface area contributed by atoms with Gasteiger partial charge in [-0.15, -0.1) is 0 Å². The van der Waals surface area contributed by atoms with Gasteiger partial charge in [0.05, 0.1) is 0 Å². The lowest BCUT2D eigenvalue weighted by Crippen LogP contribution is -2.51. The van der Waals surface area contributed by atoms with Crippen molar-refractivity contribution in [1.29, 1.82) is 0 Å². The molecular formula is C36H38F2N4O2. The largest absolute Gasteiger partial charge is 0.369 e. The fraction of sp³-hybridized carbons (Fsp3) is 0.278. The highest BCUT2D eigenvalue weighted by atomic mass is 19.3. The van der Waals surface area contributed by atoms with Crippen LogP contribution in [0.3, 0.4) is 0 Å². The molecule has 1 fully saturated rings. The normalized spacial score (nSPS) is 14.6. The Kier molecular flexibility index (Phi) is 9.70. The highest BCUT2D eigenvalue weighted by Gasteiger charge is 2.30. The summed E-state index contributed by atoms with van der Waals surface area (Å²) in [5, 5.41) is 6.04. The van der Waals surface area contributed by atoms with Gasteiger partial charge in [0.25, 0.3) is 11.8 Å². The summed E-state index contributed by atoms with van der Waals surface area (Å²) < 4.78 is 27.4. The molecule has 4 aromatic carbocycles. The molecule has 1 heterocycles. The summed E-state index contributed by atoms with van der Waals surface area (Å²) in [7, 11) is 0. The zero-order valence-corrected chi connectivity index (χ0v) is 25.1. The molecule has 1 aliphatic rings. The van der Waals surface area contributed by atoms with Crippen molar-refractivity contribution in [3.05, 3.63) is 120 Å². The van der Waals surface area contributed by atoms with Gasteiger partial charge in [-0.25, -0.2) is 8.78 Å². The molecule has 0 radical (unpaired) electrons. The van der Waals surface area contributed by atoms with Gasteiger partial charge in [-0.2, -0.15) is 0 Å². The second kappa shape index (κ2) is 13.8. The number of amides is 2. The number of hydrogen-bond donors (Lipinski definition) is 2. The number of hydrogen-bond acceptors (Lipinski definition) is 4. The fourth-order valence-corrected chi connectivity index (χ4v) is 5.58. The molecule has 1 aliphatic heterocycles. The minimum atomic E-state index is -2.93. The van der Waals surface area contributed by atoms with E-state index in [1.54, 1.807) is 24.3 Å². The van der Waals surface area contributed by atoms with E-state index in [2.05, 4.69) is 20.4 Å². The number of nitrogens with one attached hydrogen (secondary N) is 2. The Hall–Kier alpha value is -4.56. The van der Waals surface area contributed by atoms with Crippen molar-refractivity contribution in [3.63, 3.8) is 0 Å². The molecular weight excluding hydrogens is 558 g/mol. The van der Waals surface area contributed by atoms with Crippen LogP contribution >= 0.6 is 0 Å². The van der Waals surface area contributed by atoms with Gasteiger partial charge in [-0.05, 0) is 53.4 Å². The van der Waals surface area contributed by atoms with E-state index in [0.717, 1.165) is 50.8 Å². The van der Waals surface area contributed by atoms with Gasteiger partial charge < -0.3 is 15.5 Å². The summed E-state index contributed by atoms with van der Waals surface area (Å²) in [5.41, 5.74) is 4.44. The summed E-state index contributed by atoms with van der Waals surface area (Å²) in [4.78, 5) is 30.9. The predicted molar refractivity (Wildman–Crippen MR) is 172 cm³/mol. The molecule has 1 saturated heterocycles. The van der Waals surface area contributed by atoms with E-state index >= 15 is 0 Å². The molecule has 1 unspecified atom stereocenters. The molecule has 5 rings (SSSR count). The quantitative estimate of drug-likeness (QED) is 0.205. The lowest BCUT2D eigenvalue weighted by Gasteiger charge is -2.39. The van der Waals surface area contributed by atoms with Crippen molar-refractivity contribution in [2.45, 2.75) is 32.2 Å². The Morgan fingerprint density at radius 3 is 2.09 bits per heavy atom. The Labute approximate surface area is 257 Å². The van der Waals surface area contributed by atoms with E-state index in [4.69, 9.17) is 0 Å². The van der Waals surface area contributed by atoms with E-state index < -0.39 is 5.92 Å². The molecule has 8 heteroatoms. The van der Waals surface area contributed by atoms with E-state index in [-0.39, 0.29) is 23.4 Å². The summed E-state index contributed by atoms with van der Waals surface area (Å²) in [5.74, 6) is -3.17. The minimum absolute atomic E-state index is 0.0349. The highest BCUT2D eigenvalue weighted by Crippen LogP contribution is 2.31. The van der Waals surface area contributed by atoms with Crippen LogP contribution in [0.15, 0.2) is 103 Å². The summed E-state index contributed by atoms with van der Waals surface area (Å²) in [6.45, 7) is 6.59. The number of anilines is 2. The number of alkyl halides is 2. The van der Waals surface area contributed by atoms with Crippen molar-refractivity contribution >= 4 is 23.2 Å². The molecule has 0 aliphatic carbocycles. The Balaban J connectivity index is 1.23. The van der Waals surface area contributed by atoms with Gasteiger partial charge >= 0.3 is 0 Å². The second-order valence-electron chi connectivity index (χ2n) is 11.1. The van der Waals surface area contributed by atoms with E-state index in [9.17, 15) is 18.4 Å². The van der Waals surface area contributed by atoms with Crippen molar-refractivity contribution in [1.82, 2.24) is 10.2 Å². The molecule has 2 N–H and O–H groups in total. The number of piperazine rings is 1. The Bertz CT molecular complexity index is 1550. The maximum absolute atomic E-state index is 13.7. The van der Waals surface area contributed by atoms with Crippen molar-refractivity contribution < 1.29 is 18.4 Å². The zero-order valence-electron chi connectivity index (χ0n) is 25.1. The lowest BCUT2D eigenvalue weighted by atomic mass is 9.97. The minimum Gasteiger partial charge on any atom is -0.369 e. The van der Waals surface area contributed by atoms with Crippen molar-refractivity contribution in [3.8, 4) is 11.1 Å². The number of carbonyl (C=O) groups excluding carboxylic acids is 2. The molecule has 0 saturated carbocycles. The average molecular weight is 597 g/mol. The smallest absolute Gasteiger partial charge is 0.270 e. The first-order chi connectivity index (χ1) is 21.2. The molecule has 228 valence electrons. The number of rotatable bonds is 10. The zero-order chi connectivity index (χ0) is 31.1. The van der Waals surface area contributed by atoms with Crippen LogP contribution in [0.2, 0.25) is 0 Å². The molecule has 4 aromatic rings. The Morgan fingerprint density at radius 2 is 1.45 bits per heavy atom. The molecule has 0 bridgehead atoms. The Morgan fingerprint density at radius 1 is 0.818 bits per heavy atom. The number of carbonyl (C=O) groups is 2. The molecule has 44 heavy (non-hydrogen) atoms. The molecule has 2 amide bonds. The first-order valence-electron chi connectivity index (χ1n) is 15.1. The third kappa shape index (κ3) is 7.32. The van der Waals surface area contributed by atoms with Gasteiger partial charge in [0.2, 0.25) is 5.91 Å². The number of benzene rings is 4. The predicted octanol–water partition coefficient (Wildman–Crippen LogP) is 7.11. The third-order valence-corrected chi connectivity index (χ3v) is 7.96. The van der Waals surface area contributed by atoms with Crippen LogP contribution in [0.5, 0.6) is 0 Å². The first-order valence-corrected chi connectivity index (χ1v) is 15.1. The van der Waals surface area contributed by atoms with E-state index in [0.29, 0.717) is 28.9 Å². The summed E-state index contributed by atoms with van der Waals surface area (Å²) in [6.07, 6.45) is 0.889. The summed E-state index contributed by atoms with van der Waals surface area (Å²) >= 11 is 0. The second-order valence-corrected chi connectivity index (χ2v) is 11.1. The number of halogens is 2. The SMILES string of the molecule is CCCNC(=O)C(c1ccccc1)N1CCN(c2ccc(NC(=O)c3ccccc3-c3ccc(C(C)(F)F)cc3)cc2)CC1. The van der Waals surface area contributed by atoms with Gasteiger partial charge in [0, 0.05) is 62.1 Å². The molecule has 0 aromatic heterocycles. The van der Waals surface area contributed by atoms with Crippen molar-refractivity contribution in [2.24, 2.45) is 0 Å². The maximum atomic E-state index is 13.7. The van der Waals surface area contributed by atoms with E-state index in [1.807, 2.05) is 73.7 Å². The number of nitrogens with zero attached hydrogens (tertiary/aromatic N) is 2. The first kappa shape index (κ1) is 30.9. The van der Waals surface area contributed by atoms with Gasteiger partial charge in [-0.1, -0.05) is 79.7 Å². The van der Waals surface area contributed by atoms with Crippen LogP contribution in [-0.2, 0) is 10.7 Å². The maximum Gasteiger partial charge on any atom is 0.270 e. The molecule has 6 nitrogen and oxygen atoms in total. The third-order valence-electron chi connectivity index (χ3n) is 7.96. The van der Waals surface area contributed by atoms with Crippen LogP contribution in [-0.4, -0.2) is 49.4 Å². The average Bonchev–Trinajstić information content (AvgIpc) is 3.05. The van der Waals surface area contributed by atoms with Crippen LogP contribution in [0.25, 0.3) is 11.1 Å². The molecule has 0 spiro atoms.